The molecule has 1 nitrogen and oxygen atoms in total. The Morgan fingerprint density at radius 1 is 1.41 bits per heavy atom. The normalized spacial score (nSPS) is 21.5. The lowest BCUT2D eigenvalue weighted by Gasteiger charge is -2.24. The maximum atomic E-state index is 13.6. The molecule has 1 fully saturated rings. The van der Waals surface area contributed by atoms with Gasteiger partial charge in [-0.25, -0.2) is 4.39 Å². The van der Waals surface area contributed by atoms with Crippen molar-refractivity contribution in [3.05, 3.63) is 35.4 Å². The molecule has 17 heavy (non-hydrogen) atoms. The third-order valence-corrected chi connectivity index (χ3v) is 3.34. The Morgan fingerprint density at radius 3 is 2.88 bits per heavy atom. The van der Waals surface area contributed by atoms with Crippen molar-refractivity contribution in [2.75, 3.05) is 13.1 Å². The summed E-state index contributed by atoms with van der Waals surface area (Å²) in [6.45, 7) is 5.47. The van der Waals surface area contributed by atoms with Crippen LogP contribution in [-0.2, 0) is 6.42 Å². The largest absolute Gasteiger partial charge is 0.316 e. The molecule has 1 heterocycles. The van der Waals surface area contributed by atoms with E-state index in [2.05, 4.69) is 23.5 Å². The Balaban J connectivity index is 2.10. The molecule has 0 radical (unpaired) electrons. The Kier molecular flexibility index (Phi) is 3.82. The van der Waals surface area contributed by atoms with Gasteiger partial charge < -0.3 is 5.32 Å². The Labute approximate surface area is 103 Å². The van der Waals surface area contributed by atoms with Gasteiger partial charge in [-0.15, -0.1) is 0 Å². The molecule has 0 aromatic heterocycles. The van der Waals surface area contributed by atoms with Gasteiger partial charge in [-0.1, -0.05) is 24.3 Å². The molecular weight excluding hydrogens is 213 g/mol. The van der Waals surface area contributed by atoms with E-state index in [-0.39, 0.29) is 0 Å². The average molecular weight is 235 g/mol. The first-order chi connectivity index (χ1) is 8.04. The molecule has 1 unspecified atom stereocenters. The minimum absolute atomic E-state index is 0.501. The van der Waals surface area contributed by atoms with E-state index in [4.69, 9.17) is 0 Å². The second-order valence-corrected chi connectivity index (χ2v) is 5.68. The van der Waals surface area contributed by atoms with Crippen molar-refractivity contribution < 1.29 is 4.39 Å². The second kappa shape index (κ2) is 5.18. The molecule has 1 aromatic rings. The van der Waals surface area contributed by atoms with E-state index < -0.39 is 5.67 Å². The van der Waals surface area contributed by atoms with Crippen LogP contribution in [0.4, 0.5) is 4.39 Å². The minimum Gasteiger partial charge on any atom is -0.316 e. The molecule has 1 N–H and O–H groups in total. The first-order valence-corrected chi connectivity index (χ1v) is 6.53. The van der Waals surface area contributed by atoms with E-state index >= 15 is 0 Å². The monoisotopic (exact) mass is 235 g/mol. The molecule has 1 saturated heterocycles. The quantitative estimate of drug-likeness (QED) is 0.846. The lowest BCUT2D eigenvalue weighted by atomic mass is 9.89. The highest BCUT2D eigenvalue weighted by atomic mass is 19.1. The van der Waals surface area contributed by atoms with Crippen LogP contribution in [0.2, 0.25) is 0 Å². The summed E-state index contributed by atoms with van der Waals surface area (Å²) in [7, 11) is 0. The number of alkyl halides is 1. The van der Waals surface area contributed by atoms with Crippen molar-refractivity contribution in [2.24, 2.45) is 0 Å². The van der Waals surface area contributed by atoms with Crippen molar-refractivity contribution >= 4 is 0 Å². The van der Waals surface area contributed by atoms with Gasteiger partial charge in [0.05, 0.1) is 0 Å². The third-order valence-electron chi connectivity index (χ3n) is 3.34. The van der Waals surface area contributed by atoms with Crippen molar-refractivity contribution in [1.82, 2.24) is 5.32 Å². The lowest BCUT2D eigenvalue weighted by molar-refractivity contribution is 0.217. The van der Waals surface area contributed by atoms with Gasteiger partial charge in [0.2, 0.25) is 0 Å². The summed E-state index contributed by atoms with van der Waals surface area (Å²) >= 11 is 0. The standard InChI is InChI=1S/C15H22FN/c1-15(2,16)10-12-5-3-6-13(9-12)14-7-4-8-17-11-14/h3,5-6,9,14,17H,4,7-8,10-11H2,1-2H3. The van der Waals surface area contributed by atoms with E-state index in [1.165, 1.54) is 18.4 Å². The highest BCUT2D eigenvalue weighted by molar-refractivity contribution is 5.28. The summed E-state index contributed by atoms with van der Waals surface area (Å²) in [6, 6.07) is 8.44. The van der Waals surface area contributed by atoms with Crippen molar-refractivity contribution in [1.29, 1.82) is 0 Å². The van der Waals surface area contributed by atoms with E-state index in [0.29, 0.717) is 12.3 Å². The van der Waals surface area contributed by atoms with Crippen LogP contribution in [0, 0.1) is 0 Å². The molecule has 0 spiro atoms. The molecule has 1 aromatic carbocycles. The van der Waals surface area contributed by atoms with Gasteiger partial charge in [-0.2, -0.15) is 0 Å². The summed E-state index contributed by atoms with van der Waals surface area (Å²) in [5.74, 6) is 0.603. The maximum Gasteiger partial charge on any atom is 0.109 e. The molecule has 1 aliphatic rings. The van der Waals surface area contributed by atoms with Crippen LogP contribution in [0.5, 0.6) is 0 Å². The zero-order chi connectivity index (χ0) is 12.3. The molecule has 2 rings (SSSR count). The van der Waals surface area contributed by atoms with Crippen molar-refractivity contribution in [3.63, 3.8) is 0 Å². The zero-order valence-corrected chi connectivity index (χ0v) is 10.8. The number of halogens is 1. The molecule has 1 atom stereocenters. The maximum absolute atomic E-state index is 13.6. The molecule has 0 amide bonds. The smallest absolute Gasteiger partial charge is 0.109 e. The predicted molar refractivity (Wildman–Crippen MR) is 70.2 cm³/mol. The van der Waals surface area contributed by atoms with E-state index in [9.17, 15) is 4.39 Å². The molecule has 0 bridgehead atoms. The lowest BCUT2D eigenvalue weighted by Crippen LogP contribution is -2.28. The van der Waals surface area contributed by atoms with Crippen LogP contribution in [-0.4, -0.2) is 18.8 Å². The van der Waals surface area contributed by atoms with Gasteiger partial charge in [-0.05, 0) is 50.3 Å². The minimum atomic E-state index is -1.12. The van der Waals surface area contributed by atoms with Crippen LogP contribution in [0.15, 0.2) is 24.3 Å². The highest BCUT2D eigenvalue weighted by Gasteiger charge is 2.18. The van der Waals surface area contributed by atoms with Crippen LogP contribution in [0.25, 0.3) is 0 Å². The fourth-order valence-corrected chi connectivity index (χ4v) is 2.58. The Hall–Kier alpha value is -0.890. The van der Waals surface area contributed by atoms with E-state index in [1.807, 2.05) is 6.07 Å². The number of hydrogen-bond acceptors (Lipinski definition) is 1. The summed E-state index contributed by atoms with van der Waals surface area (Å²) in [6.07, 6.45) is 2.99. The molecule has 2 heteroatoms. The average Bonchev–Trinajstić information content (AvgIpc) is 2.28. The summed E-state index contributed by atoms with van der Waals surface area (Å²) in [4.78, 5) is 0. The molecule has 1 aliphatic heterocycles. The van der Waals surface area contributed by atoms with Crippen LogP contribution in [0.1, 0.15) is 43.7 Å². The van der Waals surface area contributed by atoms with Gasteiger partial charge in [0.25, 0.3) is 0 Å². The number of nitrogens with one attached hydrogen (secondary N) is 1. The fourth-order valence-electron chi connectivity index (χ4n) is 2.58. The number of benzene rings is 1. The zero-order valence-electron chi connectivity index (χ0n) is 10.8. The predicted octanol–water partition coefficient (Wildman–Crippen LogP) is 3.44. The first kappa shape index (κ1) is 12.6. The van der Waals surface area contributed by atoms with Crippen LogP contribution in [0.3, 0.4) is 0 Å². The number of rotatable bonds is 3. The summed E-state index contributed by atoms with van der Waals surface area (Å²) < 4.78 is 13.6. The summed E-state index contributed by atoms with van der Waals surface area (Å²) in [5.41, 5.74) is 1.35. The molecular formula is C15H22FN. The van der Waals surface area contributed by atoms with E-state index in [0.717, 1.165) is 18.7 Å². The fraction of sp³-hybridized carbons (Fsp3) is 0.600. The SMILES string of the molecule is CC(C)(F)Cc1cccc(C2CCCNC2)c1. The Bertz CT molecular complexity index is 361. The van der Waals surface area contributed by atoms with Gasteiger partial charge in [0, 0.05) is 13.0 Å². The summed E-state index contributed by atoms with van der Waals surface area (Å²) in [5, 5.41) is 3.43. The highest BCUT2D eigenvalue weighted by Crippen LogP contribution is 2.25. The third kappa shape index (κ3) is 3.81. The van der Waals surface area contributed by atoms with Crippen molar-refractivity contribution in [2.45, 2.75) is 44.7 Å². The van der Waals surface area contributed by atoms with Crippen molar-refractivity contribution in [3.8, 4) is 0 Å². The van der Waals surface area contributed by atoms with Crippen LogP contribution >= 0.6 is 0 Å². The number of hydrogen-bond donors (Lipinski definition) is 1. The van der Waals surface area contributed by atoms with E-state index in [1.54, 1.807) is 13.8 Å². The van der Waals surface area contributed by atoms with Gasteiger partial charge in [0.15, 0.2) is 0 Å². The van der Waals surface area contributed by atoms with Gasteiger partial charge in [0.1, 0.15) is 5.67 Å². The Morgan fingerprint density at radius 2 is 2.24 bits per heavy atom. The number of piperidine rings is 1. The van der Waals surface area contributed by atoms with Gasteiger partial charge >= 0.3 is 0 Å². The topological polar surface area (TPSA) is 12.0 Å². The molecule has 0 aliphatic carbocycles. The molecule has 94 valence electrons. The first-order valence-electron chi connectivity index (χ1n) is 6.53. The van der Waals surface area contributed by atoms with Gasteiger partial charge in [-0.3, -0.25) is 0 Å². The van der Waals surface area contributed by atoms with Crippen LogP contribution < -0.4 is 5.32 Å². The second-order valence-electron chi connectivity index (χ2n) is 5.68. The molecule has 0 saturated carbocycles.